The molecule has 5 nitrogen and oxygen atoms in total. The SMILES string of the molecule is Cc1cccc2c1S(=O)(=O)N(c1cccc(OC3CCCC3)c1)C2=O. The number of hydrogen-bond acceptors (Lipinski definition) is 4. The molecule has 1 amide bonds. The van der Waals surface area contributed by atoms with Gasteiger partial charge >= 0.3 is 0 Å². The molecular weight excluding hydrogens is 338 g/mol. The first-order valence-electron chi connectivity index (χ1n) is 8.44. The van der Waals surface area contributed by atoms with Crippen molar-refractivity contribution in [1.82, 2.24) is 0 Å². The monoisotopic (exact) mass is 357 g/mol. The highest BCUT2D eigenvalue weighted by atomic mass is 32.2. The molecule has 0 N–H and O–H groups in total. The summed E-state index contributed by atoms with van der Waals surface area (Å²) in [6.07, 6.45) is 4.49. The van der Waals surface area contributed by atoms with E-state index in [0.717, 1.165) is 30.0 Å². The standard InChI is InChI=1S/C19H19NO4S/c1-13-6-4-11-17-18(13)25(22,23)20(19(17)21)14-7-5-10-16(12-14)24-15-8-2-3-9-15/h4-7,10-12,15H,2-3,8-9H2,1H3. The Morgan fingerprint density at radius 2 is 1.80 bits per heavy atom. The van der Waals surface area contributed by atoms with Crippen LogP contribution in [0.4, 0.5) is 5.69 Å². The van der Waals surface area contributed by atoms with E-state index in [9.17, 15) is 13.2 Å². The number of benzene rings is 2. The molecule has 1 fully saturated rings. The number of ether oxygens (including phenoxy) is 1. The van der Waals surface area contributed by atoms with Crippen molar-refractivity contribution < 1.29 is 17.9 Å². The van der Waals surface area contributed by atoms with Crippen molar-refractivity contribution in [3.8, 4) is 5.75 Å². The van der Waals surface area contributed by atoms with Crippen LogP contribution >= 0.6 is 0 Å². The molecule has 2 aliphatic rings. The van der Waals surface area contributed by atoms with Crippen LogP contribution in [0.15, 0.2) is 47.4 Å². The molecule has 25 heavy (non-hydrogen) atoms. The summed E-state index contributed by atoms with van der Waals surface area (Å²) in [7, 11) is -3.90. The Bertz CT molecular complexity index is 946. The van der Waals surface area contributed by atoms with Crippen LogP contribution in [0.5, 0.6) is 5.75 Å². The van der Waals surface area contributed by atoms with Crippen molar-refractivity contribution in [2.45, 2.75) is 43.6 Å². The van der Waals surface area contributed by atoms with E-state index in [-0.39, 0.29) is 16.6 Å². The van der Waals surface area contributed by atoms with Crippen LogP contribution in [0.1, 0.15) is 41.6 Å². The first-order chi connectivity index (χ1) is 12.0. The van der Waals surface area contributed by atoms with E-state index in [1.165, 1.54) is 0 Å². The van der Waals surface area contributed by atoms with E-state index < -0.39 is 15.9 Å². The molecule has 2 aromatic rings. The van der Waals surface area contributed by atoms with Crippen LogP contribution in [0.2, 0.25) is 0 Å². The summed E-state index contributed by atoms with van der Waals surface area (Å²) in [4.78, 5) is 12.8. The molecule has 0 aromatic heterocycles. The fourth-order valence-corrected chi connectivity index (χ4v) is 5.41. The van der Waals surface area contributed by atoms with Gasteiger partial charge in [0.2, 0.25) is 0 Å². The summed E-state index contributed by atoms with van der Waals surface area (Å²) in [6.45, 7) is 1.70. The molecule has 0 atom stereocenters. The van der Waals surface area contributed by atoms with Gasteiger partial charge in [-0.1, -0.05) is 18.2 Å². The number of aryl methyl sites for hydroxylation is 1. The van der Waals surface area contributed by atoms with Crippen LogP contribution in [0, 0.1) is 6.92 Å². The third kappa shape index (κ3) is 2.61. The Morgan fingerprint density at radius 3 is 2.52 bits per heavy atom. The topological polar surface area (TPSA) is 63.7 Å². The summed E-state index contributed by atoms with van der Waals surface area (Å²) in [6, 6.07) is 11.7. The lowest BCUT2D eigenvalue weighted by Crippen LogP contribution is -2.29. The molecule has 130 valence electrons. The normalized spacial score (nSPS) is 19.2. The van der Waals surface area contributed by atoms with Crippen molar-refractivity contribution in [2.24, 2.45) is 0 Å². The first kappa shape index (κ1) is 16.1. The lowest BCUT2D eigenvalue weighted by Gasteiger charge is -2.18. The summed E-state index contributed by atoms with van der Waals surface area (Å²) < 4.78 is 32.7. The zero-order valence-electron chi connectivity index (χ0n) is 13.9. The molecule has 0 radical (unpaired) electrons. The van der Waals surface area contributed by atoms with Gasteiger partial charge in [-0.3, -0.25) is 4.79 Å². The molecule has 1 heterocycles. The maximum Gasteiger partial charge on any atom is 0.273 e. The third-order valence-electron chi connectivity index (χ3n) is 4.78. The van der Waals surface area contributed by atoms with Crippen LogP contribution < -0.4 is 9.04 Å². The second kappa shape index (κ2) is 5.88. The van der Waals surface area contributed by atoms with Gasteiger partial charge in [-0.2, -0.15) is 4.31 Å². The fraction of sp³-hybridized carbons (Fsp3) is 0.316. The number of nitrogens with zero attached hydrogens (tertiary/aromatic N) is 1. The van der Waals surface area contributed by atoms with Gasteiger partial charge in [0.25, 0.3) is 15.9 Å². The van der Waals surface area contributed by atoms with E-state index in [0.29, 0.717) is 17.0 Å². The van der Waals surface area contributed by atoms with Crippen molar-refractivity contribution in [1.29, 1.82) is 0 Å². The summed E-state index contributed by atoms with van der Waals surface area (Å²) in [5.74, 6) is 0.0804. The molecule has 6 heteroatoms. The van der Waals surface area contributed by atoms with Gasteiger partial charge in [0.1, 0.15) is 10.6 Å². The third-order valence-corrected chi connectivity index (χ3v) is 6.70. The molecule has 0 saturated heterocycles. The quantitative estimate of drug-likeness (QED) is 0.841. The van der Waals surface area contributed by atoms with Gasteiger partial charge in [0.15, 0.2) is 0 Å². The van der Waals surface area contributed by atoms with Gasteiger partial charge in [0.05, 0.1) is 17.4 Å². The second-order valence-corrected chi connectivity index (χ2v) is 8.27. The molecule has 1 aliphatic carbocycles. The number of rotatable bonds is 3. The molecule has 0 spiro atoms. The van der Waals surface area contributed by atoms with Gasteiger partial charge in [-0.15, -0.1) is 0 Å². The van der Waals surface area contributed by atoms with Crippen LogP contribution in [-0.2, 0) is 10.0 Å². The van der Waals surface area contributed by atoms with E-state index in [1.807, 2.05) is 0 Å². The highest BCUT2D eigenvalue weighted by Crippen LogP contribution is 2.37. The summed E-state index contributed by atoms with van der Waals surface area (Å²) >= 11 is 0. The summed E-state index contributed by atoms with van der Waals surface area (Å²) in [5.41, 5.74) is 1.12. The fourth-order valence-electron chi connectivity index (χ4n) is 3.61. The summed E-state index contributed by atoms with van der Waals surface area (Å²) in [5, 5.41) is 0. The number of anilines is 1. The zero-order chi connectivity index (χ0) is 17.6. The van der Waals surface area contributed by atoms with Gasteiger partial charge in [-0.25, -0.2) is 8.42 Å². The van der Waals surface area contributed by atoms with E-state index in [2.05, 4.69) is 0 Å². The molecule has 2 aromatic carbocycles. The minimum atomic E-state index is -3.90. The van der Waals surface area contributed by atoms with Crippen LogP contribution in [0.25, 0.3) is 0 Å². The highest BCUT2D eigenvalue weighted by Gasteiger charge is 2.43. The maximum absolute atomic E-state index is 12.9. The second-order valence-electron chi connectivity index (χ2n) is 6.55. The number of carbonyl (C=O) groups excluding carboxylic acids is 1. The van der Waals surface area contributed by atoms with Crippen molar-refractivity contribution >= 4 is 21.6 Å². The van der Waals surface area contributed by atoms with Crippen molar-refractivity contribution in [2.75, 3.05) is 4.31 Å². The number of amides is 1. The predicted octanol–water partition coefficient (Wildman–Crippen LogP) is 3.67. The van der Waals surface area contributed by atoms with E-state index in [1.54, 1.807) is 49.4 Å². The van der Waals surface area contributed by atoms with Crippen molar-refractivity contribution in [3.63, 3.8) is 0 Å². The molecule has 1 aliphatic heterocycles. The Kier molecular flexibility index (Phi) is 3.80. The zero-order valence-corrected chi connectivity index (χ0v) is 14.8. The van der Waals surface area contributed by atoms with Gasteiger partial charge in [0, 0.05) is 6.07 Å². The lowest BCUT2D eigenvalue weighted by molar-refractivity contribution is 0.101. The van der Waals surface area contributed by atoms with Gasteiger partial charge in [-0.05, 0) is 56.4 Å². The Hall–Kier alpha value is -2.34. The van der Waals surface area contributed by atoms with Crippen LogP contribution in [-0.4, -0.2) is 20.4 Å². The Morgan fingerprint density at radius 1 is 1.08 bits per heavy atom. The minimum Gasteiger partial charge on any atom is -0.490 e. The molecule has 0 bridgehead atoms. The molecular formula is C19H19NO4S. The van der Waals surface area contributed by atoms with E-state index >= 15 is 0 Å². The maximum atomic E-state index is 12.9. The molecule has 1 saturated carbocycles. The minimum absolute atomic E-state index is 0.0992. The number of fused-ring (bicyclic) bond motifs is 1. The average Bonchev–Trinajstić information content (AvgIpc) is 3.14. The van der Waals surface area contributed by atoms with E-state index in [4.69, 9.17) is 4.74 Å². The highest BCUT2D eigenvalue weighted by molar-refractivity contribution is 7.94. The largest absolute Gasteiger partial charge is 0.490 e. The number of carbonyl (C=O) groups is 1. The number of sulfonamides is 1. The lowest BCUT2D eigenvalue weighted by atomic mass is 10.1. The smallest absolute Gasteiger partial charge is 0.273 e. The van der Waals surface area contributed by atoms with Crippen molar-refractivity contribution in [3.05, 3.63) is 53.6 Å². The predicted molar refractivity (Wildman–Crippen MR) is 94.5 cm³/mol. The number of hydrogen-bond donors (Lipinski definition) is 0. The molecule has 0 unspecified atom stereocenters. The molecule has 4 rings (SSSR count). The Balaban J connectivity index is 1.73. The average molecular weight is 357 g/mol. The Labute approximate surface area is 147 Å². The first-order valence-corrected chi connectivity index (χ1v) is 9.88. The van der Waals surface area contributed by atoms with Crippen LogP contribution in [0.3, 0.4) is 0 Å². The van der Waals surface area contributed by atoms with Gasteiger partial charge < -0.3 is 4.74 Å².